The molecule has 0 radical (unpaired) electrons. The molecule has 0 aliphatic heterocycles. The molecule has 1 unspecified atom stereocenters. The average Bonchev–Trinajstić information content (AvgIpc) is 2.39. The Morgan fingerprint density at radius 3 is 2.11 bits per heavy atom. The van der Waals surface area contributed by atoms with Crippen LogP contribution in [0.4, 0.5) is 4.39 Å². The highest BCUT2D eigenvalue weighted by Gasteiger charge is 2.16. The van der Waals surface area contributed by atoms with Gasteiger partial charge < -0.3 is 4.74 Å². The minimum atomic E-state index is -0.332. The Bertz CT molecular complexity index is 567. The lowest BCUT2D eigenvalue weighted by molar-refractivity contribution is 0.112. The van der Waals surface area contributed by atoms with E-state index in [2.05, 4.69) is 9.97 Å². The maximum atomic E-state index is 12.9. The Morgan fingerprint density at radius 1 is 1.11 bits per heavy atom. The Hall–Kier alpha value is -1.23. The van der Waals surface area contributed by atoms with Gasteiger partial charge in [0.2, 0.25) is 0 Å². The van der Waals surface area contributed by atoms with E-state index in [1.165, 1.54) is 12.1 Å². The molecule has 2 aromatic rings. The molecule has 0 fully saturated rings. The predicted octanol–water partition coefficient (Wildman–Crippen LogP) is 4.30. The van der Waals surface area contributed by atoms with Crippen LogP contribution < -0.4 is 0 Å². The summed E-state index contributed by atoms with van der Waals surface area (Å²) in [6.07, 6.45) is -0.308. The lowest BCUT2D eigenvalue weighted by Crippen LogP contribution is -2.04. The van der Waals surface area contributed by atoms with Gasteiger partial charge in [-0.25, -0.2) is 14.4 Å². The quantitative estimate of drug-likeness (QED) is 0.793. The van der Waals surface area contributed by atoms with Crippen LogP contribution in [0, 0.1) is 5.82 Å². The molecule has 0 N–H and O–H groups in total. The van der Waals surface area contributed by atoms with Crippen LogP contribution in [0.2, 0.25) is 10.3 Å². The van der Waals surface area contributed by atoms with E-state index in [4.69, 9.17) is 27.9 Å². The van der Waals surface area contributed by atoms with Crippen LogP contribution in [-0.4, -0.2) is 17.1 Å². The van der Waals surface area contributed by atoms with Crippen molar-refractivity contribution in [2.45, 2.75) is 13.0 Å². The zero-order chi connectivity index (χ0) is 14.0. The fraction of sp³-hybridized carbons (Fsp3) is 0.231. The van der Waals surface area contributed by atoms with Gasteiger partial charge in [0.15, 0.2) is 5.82 Å². The van der Waals surface area contributed by atoms with E-state index in [-0.39, 0.29) is 22.2 Å². The zero-order valence-electron chi connectivity index (χ0n) is 10.3. The van der Waals surface area contributed by atoms with Gasteiger partial charge in [-0.15, -0.1) is 0 Å². The molecule has 3 nitrogen and oxygen atoms in total. The monoisotopic (exact) mass is 300 g/mol. The summed E-state index contributed by atoms with van der Waals surface area (Å²) in [5.41, 5.74) is 1.14. The van der Waals surface area contributed by atoms with Gasteiger partial charge in [0.05, 0.1) is 5.56 Å². The third-order valence-corrected chi connectivity index (χ3v) is 3.24. The largest absolute Gasteiger partial charge is 0.374 e. The molecule has 1 aromatic carbocycles. The summed E-state index contributed by atoms with van der Waals surface area (Å²) < 4.78 is 18.0. The Kier molecular flexibility index (Phi) is 4.34. The standard InChI is InChI=1S/C13H11Cl2FN2O/c1-7(19-2)13-17-11(14)10(12(15)18-13)8-3-5-9(16)6-4-8/h3-7H,1-2H3. The topological polar surface area (TPSA) is 35.0 Å². The van der Waals surface area contributed by atoms with Crippen molar-refractivity contribution in [1.82, 2.24) is 9.97 Å². The molecule has 100 valence electrons. The van der Waals surface area contributed by atoms with Gasteiger partial charge in [-0.2, -0.15) is 0 Å². The first kappa shape index (κ1) is 14.2. The van der Waals surface area contributed by atoms with Crippen molar-refractivity contribution in [3.05, 3.63) is 46.2 Å². The second-order valence-corrected chi connectivity index (χ2v) is 4.64. The minimum Gasteiger partial charge on any atom is -0.374 e. The molecule has 0 amide bonds. The number of benzene rings is 1. The molecule has 0 aliphatic carbocycles. The van der Waals surface area contributed by atoms with Gasteiger partial charge in [-0.1, -0.05) is 35.3 Å². The average molecular weight is 301 g/mol. The maximum absolute atomic E-state index is 12.9. The molecular weight excluding hydrogens is 290 g/mol. The second kappa shape index (κ2) is 5.82. The first-order valence-corrected chi connectivity index (χ1v) is 6.30. The van der Waals surface area contributed by atoms with Gasteiger partial charge in [0.25, 0.3) is 0 Å². The van der Waals surface area contributed by atoms with Crippen molar-refractivity contribution < 1.29 is 9.13 Å². The predicted molar refractivity (Wildman–Crippen MR) is 72.9 cm³/mol. The molecule has 2 rings (SSSR count). The fourth-order valence-corrected chi connectivity index (χ4v) is 2.18. The third-order valence-electron chi connectivity index (χ3n) is 2.69. The van der Waals surface area contributed by atoms with Gasteiger partial charge in [-0.05, 0) is 24.6 Å². The van der Waals surface area contributed by atoms with E-state index in [9.17, 15) is 4.39 Å². The van der Waals surface area contributed by atoms with Crippen LogP contribution in [0.5, 0.6) is 0 Å². The molecular formula is C13H11Cl2FN2O. The van der Waals surface area contributed by atoms with Crippen molar-refractivity contribution in [2.24, 2.45) is 0 Å². The summed E-state index contributed by atoms with van der Waals surface area (Å²) in [5, 5.41) is 0.427. The van der Waals surface area contributed by atoms with E-state index >= 15 is 0 Å². The Morgan fingerprint density at radius 2 is 1.63 bits per heavy atom. The lowest BCUT2D eigenvalue weighted by atomic mass is 10.1. The van der Waals surface area contributed by atoms with Crippen LogP contribution in [0.15, 0.2) is 24.3 Å². The lowest BCUT2D eigenvalue weighted by Gasteiger charge is -2.12. The Labute approximate surface area is 120 Å². The van der Waals surface area contributed by atoms with E-state index in [0.717, 1.165) is 0 Å². The molecule has 0 saturated carbocycles. The molecule has 1 atom stereocenters. The molecule has 6 heteroatoms. The summed E-state index contributed by atoms with van der Waals surface area (Å²) in [7, 11) is 1.55. The van der Waals surface area contributed by atoms with Gasteiger partial charge >= 0.3 is 0 Å². The molecule has 1 heterocycles. The van der Waals surface area contributed by atoms with Crippen molar-refractivity contribution >= 4 is 23.2 Å². The molecule has 19 heavy (non-hydrogen) atoms. The SMILES string of the molecule is COC(C)c1nc(Cl)c(-c2ccc(F)cc2)c(Cl)n1. The number of hydrogen-bond acceptors (Lipinski definition) is 3. The van der Waals surface area contributed by atoms with Crippen molar-refractivity contribution in [2.75, 3.05) is 7.11 Å². The molecule has 0 bridgehead atoms. The molecule has 0 aliphatic rings. The maximum Gasteiger partial charge on any atom is 0.160 e. The van der Waals surface area contributed by atoms with Crippen LogP contribution in [-0.2, 0) is 4.74 Å². The van der Waals surface area contributed by atoms with Gasteiger partial charge in [-0.3, -0.25) is 0 Å². The van der Waals surface area contributed by atoms with Crippen molar-refractivity contribution in [3.8, 4) is 11.1 Å². The van der Waals surface area contributed by atoms with Crippen LogP contribution in [0.25, 0.3) is 11.1 Å². The number of halogens is 3. The highest BCUT2D eigenvalue weighted by atomic mass is 35.5. The fourth-order valence-electron chi connectivity index (χ4n) is 1.57. The minimum absolute atomic E-state index is 0.213. The summed E-state index contributed by atoms with van der Waals surface area (Å²) in [4.78, 5) is 8.31. The Balaban J connectivity index is 2.50. The van der Waals surface area contributed by atoms with Crippen molar-refractivity contribution in [1.29, 1.82) is 0 Å². The first-order valence-electron chi connectivity index (χ1n) is 5.54. The number of nitrogens with zero attached hydrogens (tertiary/aromatic N) is 2. The molecule has 1 aromatic heterocycles. The zero-order valence-corrected chi connectivity index (χ0v) is 11.8. The number of ether oxygens (including phenoxy) is 1. The third kappa shape index (κ3) is 3.03. The number of aromatic nitrogens is 2. The molecule has 0 saturated heterocycles. The van der Waals surface area contributed by atoms with E-state index < -0.39 is 0 Å². The smallest absolute Gasteiger partial charge is 0.160 e. The molecule has 0 spiro atoms. The highest BCUT2D eigenvalue weighted by molar-refractivity contribution is 6.37. The first-order chi connectivity index (χ1) is 9.02. The van der Waals surface area contributed by atoms with Crippen molar-refractivity contribution in [3.63, 3.8) is 0 Å². The number of rotatable bonds is 3. The summed E-state index contributed by atoms with van der Waals surface area (Å²) in [5.74, 6) is 0.0740. The summed E-state index contributed by atoms with van der Waals surface area (Å²) in [6.45, 7) is 1.79. The van der Waals surface area contributed by atoms with Crippen LogP contribution in [0.3, 0.4) is 0 Å². The van der Waals surface area contributed by atoms with Gasteiger partial charge in [0.1, 0.15) is 22.2 Å². The highest BCUT2D eigenvalue weighted by Crippen LogP contribution is 2.33. The second-order valence-electron chi connectivity index (χ2n) is 3.92. The van der Waals surface area contributed by atoms with Crippen LogP contribution >= 0.6 is 23.2 Å². The summed E-state index contributed by atoms with van der Waals surface area (Å²) in [6, 6.07) is 5.80. The van der Waals surface area contributed by atoms with Gasteiger partial charge in [0, 0.05) is 7.11 Å². The van der Waals surface area contributed by atoms with E-state index in [1.54, 1.807) is 26.2 Å². The number of hydrogen-bond donors (Lipinski definition) is 0. The number of methoxy groups -OCH3 is 1. The van der Waals surface area contributed by atoms with E-state index in [1.807, 2.05) is 0 Å². The van der Waals surface area contributed by atoms with Crippen LogP contribution in [0.1, 0.15) is 18.9 Å². The normalized spacial score (nSPS) is 12.5. The van der Waals surface area contributed by atoms with E-state index in [0.29, 0.717) is 17.0 Å². The summed E-state index contributed by atoms with van der Waals surface area (Å²) >= 11 is 12.3.